The second-order valence-electron chi connectivity index (χ2n) is 9.32. The first-order valence-electron chi connectivity index (χ1n) is 12.1. The molecular formula is C29H20ClNO7. The number of rotatable bonds is 4. The number of hydrogen-bond acceptors (Lipinski definition) is 7. The van der Waals surface area contributed by atoms with Crippen LogP contribution in [0.2, 0.25) is 5.02 Å². The van der Waals surface area contributed by atoms with E-state index < -0.39 is 52.9 Å². The number of anilines is 1. The number of Topliss-reactive ketones (excluding diaryl/α,β-unsaturated/α-hetero) is 2. The summed E-state index contributed by atoms with van der Waals surface area (Å²) >= 11 is 6.13. The van der Waals surface area contributed by atoms with Crippen LogP contribution < -0.4 is 4.90 Å². The summed E-state index contributed by atoms with van der Waals surface area (Å²) in [5, 5.41) is 0.317. The van der Waals surface area contributed by atoms with Gasteiger partial charge in [0.1, 0.15) is 0 Å². The molecule has 2 aliphatic heterocycles. The first-order chi connectivity index (χ1) is 18.3. The number of imide groups is 1. The predicted molar refractivity (Wildman–Crippen MR) is 135 cm³/mol. The first-order valence-corrected chi connectivity index (χ1v) is 12.4. The molecule has 3 atom stereocenters. The minimum absolute atomic E-state index is 0.149. The van der Waals surface area contributed by atoms with Gasteiger partial charge in [0.25, 0.3) is 0 Å². The number of carbonyl (C=O) groups excluding carboxylic acids is 5. The average molecular weight is 530 g/mol. The fraction of sp³-hybridized carbons (Fsp3) is 0.207. The highest BCUT2D eigenvalue weighted by atomic mass is 35.5. The van der Waals surface area contributed by atoms with E-state index in [1.54, 1.807) is 49.4 Å². The monoisotopic (exact) mass is 529 g/mol. The fourth-order valence-corrected chi connectivity index (χ4v) is 5.90. The van der Waals surface area contributed by atoms with E-state index in [1.807, 2.05) is 0 Å². The Morgan fingerprint density at radius 1 is 0.921 bits per heavy atom. The van der Waals surface area contributed by atoms with Crippen molar-refractivity contribution >= 4 is 46.6 Å². The topological polar surface area (TPSA) is 107 Å². The maximum atomic E-state index is 13.9. The van der Waals surface area contributed by atoms with Gasteiger partial charge in [-0.3, -0.25) is 19.2 Å². The summed E-state index contributed by atoms with van der Waals surface area (Å²) in [6.45, 7) is 1.90. The molecule has 9 heteroatoms. The molecule has 1 aliphatic carbocycles. The summed E-state index contributed by atoms with van der Waals surface area (Å²) < 4.78 is 11.3. The van der Waals surface area contributed by atoms with Crippen molar-refractivity contribution in [2.45, 2.75) is 18.6 Å². The Morgan fingerprint density at radius 2 is 1.58 bits per heavy atom. The molecule has 3 aromatic carbocycles. The molecule has 0 bridgehead atoms. The zero-order chi connectivity index (χ0) is 26.8. The number of esters is 1. The Morgan fingerprint density at radius 3 is 2.18 bits per heavy atom. The van der Waals surface area contributed by atoms with Crippen molar-refractivity contribution in [3.05, 3.63) is 100 Å². The van der Waals surface area contributed by atoms with Gasteiger partial charge in [0.05, 0.1) is 35.8 Å². The zero-order valence-corrected chi connectivity index (χ0v) is 20.8. The molecule has 0 N–H and O–H groups in total. The van der Waals surface area contributed by atoms with Crippen molar-refractivity contribution in [2.75, 3.05) is 11.5 Å². The van der Waals surface area contributed by atoms with Gasteiger partial charge in [-0.15, -0.1) is 0 Å². The molecule has 0 saturated carbocycles. The molecule has 3 aromatic rings. The summed E-state index contributed by atoms with van der Waals surface area (Å²) in [6.07, 6.45) is -1.10. The maximum absolute atomic E-state index is 13.9. The van der Waals surface area contributed by atoms with E-state index in [0.29, 0.717) is 10.6 Å². The maximum Gasteiger partial charge on any atom is 0.338 e. The van der Waals surface area contributed by atoms with Crippen LogP contribution in [-0.2, 0) is 19.1 Å². The number of amides is 2. The summed E-state index contributed by atoms with van der Waals surface area (Å²) in [7, 11) is 0. The van der Waals surface area contributed by atoms with Crippen LogP contribution in [0, 0.1) is 11.8 Å². The van der Waals surface area contributed by atoms with Gasteiger partial charge in [0.2, 0.25) is 29.0 Å². The molecular weight excluding hydrogens is 510 g/mol. The van der Waals surface area contributed by atoms with Gasteiger partial charge in [-0.05, 0) is 42.8 Å². The average Bonchev–Trinajstić information content (AvgIpc) is 3.49. The van der Waals surface area contributed by atoms with Crippen LogP contribution in [0.3, 0.4) is 0 Å². The number of halogens is 1. The third-order valence-corrected chi connectivity index (χ3v) is 7.57. The summed E-state index contributed by atoms with van der Waals surface area (Å²) in [4.78, 5) is 68.5. The third kappa shape index (κ3) is 3.23. The molecule has 8 nitrogen and oxygen atoms in total. The predicted octanol–water partition coefficient (Wildman–Crippen LogP) is 4.21. The number of carbonyl (C=O) groups is 5. The molecule has 38 heavy (non-hydrogen) atoms. The minimum atomic E-state index is -2.18. The van der Waals surface area contributed by atoms with Crippen LogP contribution in [0.4, 0.5) is 5.69 Å². The van der Waals surface area contributed by atoms with Crippen molar-refractivity contribution in [1.82, 2.24) is 0 Å². The Balaban J connectivity index is 1.49. The van der Waals surface area contributed by atoms with E-state index in [4.69, 9.17) is 21.1 Å². The van der Waals surface area contributed by atoms with Crippen molar-refractivity contribution in [2.24, 2.45) is 11.8 Å². The smallest absolute Gasteiger partial charge is 0.338 e. The number of fused-ring (bicyclic) bond motifs is 3. The first kappa shape index (κ1) is 24.2. The third-order valence-electron chi connectivity index (χ3n) is 7.34. The van der Waals surface area contributed by atoms with Gasteiger partial charge in [0, 0.05) is 16.1 Å². The number of nitrogens with zero attached hydrogens (tertiary/aromatic N) is 1. The molecule has 2 heterocycles. The number of benzene rings is 3. The standard InChI is InChI=1S/C29H20ClNO7/c1-2-37-28(36)16-12-10-15(11-13-16)23-21-22(27(35)31(26(21)34)18-7-5-6-17(30)14-18)29(38-23)24(32)19-8-3-4-9-20(19)25(29)33/h3-14,21-23H,2H2,1H3/t21-,22-,23-/m0/s1. The lowest BCUT2D eigenvalue weighted by molar-refractivity contribution is -0.127. The largest absolute Gasteiger partial charge is 0.462 e. The SMILES string of the molecule is CCOC(=O)c1ccc([C@@H]2OC3(C(=O)c4ccccc4C3=O)[C@@H]3C(=O)N(c4cccc(Cl)c4)C(=O)[C@@H]32)cc1. The molecule has 1 spiro atoms. The van der Waals surface area contributed by atoms with Gasteiger partial charge < -0.3 is 9.47 Å². The summed E-state index contributed by atoms with van der Waals surface area (Å²) in [6, 6.07) is 18.7. The fourth-order valence-electron chi connectivity index (χ4n) is 5.71. The minimum Gasteiger partial charge on any atom is -0.462 e. The normalized spacial score (nSPS) is 23.2. The summed E-state index contributed by atoms with van der Waals surface area (Å²) in [5.41, 5.74) is -0.917. The number of ketones is 2. The molecule has 0 aromatic heterocycles. The molecule has 2 saturated heterocycles. The van der Waals surface area contributed by atoms with Crippen molar-refractivity contribution in [3.8, 4) is 0 Å². The molecule has 2 amide bonds. The number of hydrogen-bond donors (Lipinski definition) is 0. The van der Waals surface area contributed by atoms with Crippen LogP contribution in [0.1, 0.15) is 49.7 Å². The summed E-state index contributed by atoms with van der Waals surface area (Å²) in [5.74, 6) is -5.65. The van der Waals surface area contributed by atoms with Crippen molar-refractivity contribution in [1.29, 1.82) is 0 Å². The highest BCUT2D eigenvalue weighted by Crippen LogP contribution is 2.57. The Hall–Kier alpha value is -4.14. The van der Waals surface area contributed by atoms with E-state index in [1.165, 1.54) is 30.3 Å². The van der Waals surface area contributed by atoms with E-state index in [9.17, 15) is 24.0 Å². The van der Waals surface area contributed by atoms with E-state index in [0.717, 1.165) is 4.90 Å². The molecule has 2 fully saturated rings. The Bertz CT molecular complexity index is 1510. The lowest BCUT2D eigenvalue weighted by Crippen LogP contribution is -2.51. The Kier molecular flexibility index (Phi) is 5.55. The quantitative estimate of drug-likeness (QED) is 0.283. The van der Waals surface area contributed by atoms with Gasteiger partial charge in [-0.2, -0.15) is 0 Å². The van der Waals surface area contributed by atoms with Crippen LogP contribution >= 0.6 is 11.6 Å². The van der Waals surface area contributed by atoms with Gasteiger partial charge >= 0.3 is 5.97 Å². The van der Waals surface area contributed by atoms with Gasteiger partial charge in [-0.1, -0.05) is 54.1 Å². The van der Waals surface area contributed by atoms with E-state index in [-0.39, 0.29) is 29.0 Å². The Labute approximate surface area is 222 Å². The molecule has 3 aliphatic rings. The number of ether oxygens (including phenoxy) is 2. The highest BCUT2D eigenvalue weighted by molar-refractivity contribution is 6.37. The van der Waals surface area contributed by atoms with Gasteiger partial charge in [-0.25, -0.2) is 9.69 Å². The van der Waals surface area contributed by atoms with Crippen LogP contribution in [0.5, 0.6) is 0 Å². The zero-order valence-electron chi connectivity index (χ0n) is 20.1. The van der Waals surface area contributed by atoms with E-state index in [2.05, 4.69) is 0 Å². The second kappa shape index (κ2) is 8.72. The lowest BCUT2D eigenvalue weighted by Gasteiger charge is -2.27. The highest BCUT2D eigenvalue weighted by Gasteiger charge is 2.74. The van der Waals surface area contributed by atoms with Crippen LogP contribution in [-0.4, -0.2) is 41.6 Å². The molecule has 6 rings (SSSR count). The van der Waals surface area contributed by atoms with Crippen molar-refractivity contribution < 1.29 is 33.4 Å². The van der Waals surface area contributed by atoms with Crippen LogP contribution in [0.15, 0.2) is 72.8 Å². The second-order valence-corrected chi connectivity index (χ2v) is 9.75. The molecule has 0 radical (unpaired) electrons. The molecule has 0 unspecified atom stereocenters. The van der Waals surface area contributed by atoms with Crippen molar-refractivity contribution in [3.63, 3.8) is 0 Å². The van der Waals surface area contributed by atoms with Gasteiger partial charge in [0.15, 0.2) is 0 Å². The van der Waals surface area contributed by atoms with E-state index >= 15 is 0 Å². The molecule has 190 valence electrons. The van der Waals surface area contributed by atoms with Crippen LogP contribution in [0.25, 0.3) is 0 Å². The lowest BCUT2D eigenvalue weighted by atomic mass is 9.77.